The molecule has 4 rings (SSSR count). The van der Waals surface area contributed by atoms with Crippen LogP contribution in [0.2, 0.25) is 0 Å². The minimum atomic E-state index is 0.269. The molecule has 2 aliphatic heterocycles. The Labute approximate surface area is 168 Å². The van der Waals surface area contributed by atoms with Crippen molar-refractivity contribution in [2.24, 2.45) is 0 Å². The molecule has 0 unspecified atom stereocenters. The van der Waals surface area contributed by atoms with Crippen LogP contribution in [-0.4, -0.2) is 50.1 Å². The van der Waals surface area contributed by atoms with E-state index in [1.54, 1.807) is 0 Å². The summed E-state index contributed by atoms with van der Waals surface area (Å²) < 4.78 is 0. The van der Waals surface area contributed by atoms with Gasteiger partial charge in [-0.3, -0.25) is 9.69 Å². The lowest BCUT2D eigenvalue weighted by molar-refractivity contribution is -0.119. The first kappa shape index (κ1) is 19.0. The molecule has 2 aliphatic rings. The van der Waals surface area contributed by atoms with E-state index in [4.69, 9.17) is 0 Å². The SMILES string of the molecule is Cc1ccccc1N1CCN(CCc2ccc(N3CCCCC3=O)cc2)CC1. The first-order valence-electron chi connectivity index (χ1n) is 10.6. The van der Waals surface area contributed by atoms with E-state index in [1.807, 2.05) is 4.90 Å². The summed E-state index contributed by atoms with van der Waals surface area (Å²) >= 11 is 0. The minimum absolute atomic E-state index is 0.269. The number of hydrogen-bond donors (Lipinski definition) is 0. The normalized spacial score (nSPS) is 18.5. The van der Waals surface area contributed by atoms with Gasteiger partial charge in [-0.05, 0) is 55.5 Å². The highest BCUT2D eigenvalue weighted by atomic mass is 16.2. The Morgan fingerprint density at radius 2 is 1.61 bits per heavy atom. The molecule has 2 saturated heterocycles. The number of nitrogens with zero attached hydrogens (tertiary/aromatic N) is 3. The van der Waals surface area contributed by atoms with Crippen molar-refractivity contribution in [3.05, 3.63) is 59.7 Å². The second-order valence-electron chi connectivity index (χ2n) is 8.03. The Bertz CT molecular complexity index is 794. The topological polar surface area (TPSA) is 26.8 Å². The number of hydrogen-bond acceptors (Lipinski definition) is 3. The van der Waals surface area contributed by atoms with E-state index >= 15 is 0 Å². The van der Waals surface area contributed by atoms with Crippen molar-refractivity contribution in [2.45, 2.75) is 32.6 Å². The van der Waals surface area contributed by atoms with Crippen LogP contribution in [0.4, 0.5) is 11.4 Å². The average Bonchev–Trinajstić information content (AvgIpc) is 2.74. The fourth-order valence-corrected chi connectivity index (χ4v) is 4.34. The Morgan fingerprint density at radius 3 is 2.32 bits per heavy atom. The molecule has 0 bridgehead atoms. The molecule has 4 heteroatoms. The average molecular weight is 378 g/mol. The summed E-state index contributed by atoms with van der Waals surface area (Å²) in [6.07, 6.45) is 3.90. The molecule has 0 radical (unpaired) electrons. The monoisotopic (exact) mass is 377 g/mol. The summed E-state index contributed by atoms with van der Waals surface area (Å²) in [6, 6.07) is 17.3. The predicted molar refractivity (Wildman–Crippen MR) is 116 cm³/mol. The van der Waals surface area contributed by atoms with Crippen molar-refractivity contribution < 1.29 is 4.79 Å². The summed E-state index contributed by atoms with van der Waals surface area (Å²) in [7, 11) is 0. The molecule has 148 valence electrons. The van der Waals surface area contributed by atoms with E-state index in [1.165, 1.54) is 16.8 Å². The first-order chi connectivity index (χ1) is 13.7. The van der Waals surface area contributed by atoms with Gasteiger partial charge in [0.05, 0.1) is 0 Å². The van der Waals surface area contributed by atoms with E-state index < -0.39 is 0 Å². The number of benzene rings is 2. The third-order valence-electron chi connectivity index (χ3n) is 6.12. The van der Waals surface area contributed by atoms with E-state index in [-0.39, 0.29) is 5.91 Å². The molecule has 2 aromatic carbocycles. The molecular weight excluding hydrogens is 346 g/mol. The molecule has 4 nitrogen and oxygen atoms in total. The van der Waals surface area contributed by atoms with Crippen molar-refractivity contribution in [3.63, 3.8) is 0 Å². The Balaban J connectivity index is 1.26. The summed E-state index contributed by atoms with van der Waals surface area (Å²) in [4.78, 5) is 19.1. The maximum Gasteiger partial charge on any atom is 0.226 e. The van der Waals surface area contributed by atoms with Crippen LogP contribution in [0.15, 0.2) is 48.5 Å². The zero-order valence-electron chi connectivity index (χ0n) is 16.9. The second kappa shape index (κ2) is 8.78. The summed E-state index contributed by atoms with van der Waals surface area (Å²) in [5, 5.41) is 0. The summed E-state index contributed by atoms with van der Waals surface area (Å²) in [5.41, 5.74) is 5.16. The van der Waals surface area contributed by atoms with Crippen molar-refractivity contribution in [1.29, 1.82) is 0 Å². The first-order valence-corrected chi connectivity index (χ1v) is 10.6. The third kappa shape index (κ3) is 4.39. The van der Waals surface area contributed by atoms with Crippen molar-refractivity contribution in [1.82, 2.24) is 4.90 Å². The van der Waals surface area contributed by atoms with Gasteiger partial charge in [-0.2, -0.15) is 0 Å². The van der Waals surface area contributed by atoms with E-state index in [0.717, 1.165) is 64.2 Å². The van der Waals surface area contributed by atoms with Gasteiger partial charge in [-0.25, -0.2) is 0 Å². The van der Waals surface area contributed by atoms with Gasteiger partial charge in [-0.1, -0.05) is 30.3 Å². The maximum atomic E-state index is 12.1. The van der Waals surface area contributed by atoms with Gasteiger partial charge >= 0.3 is 0 Å². The van der Waals surface area contributed by atoms with Crippen LogP contribution < -0.4 is 9.80 Å². The van der Waals surface area contributed by atoms with Gasteiger partial charge in [0.2, 0.25) is 5.91 Å². The minimum Gasteiger partial charge on any atom is -0.369 e. The number of carbonyl (C=O) groups excluding carboxylic acids is 1. The molecule has 0 aliphatic carbocycles. The van der Waals surface area contributed by atoms with Crippen LogP contribution in [0.3, 0.4) is 0 Å². The van der Waals surface area contributed by atoms with Gasteiger partial charge in [0.1, 0.15) is 0 Å². The van der Waals surface area contributed by atoms with Gasteiger partial charge in [-0.15, -0.1) is 0 Å². The molecule has 0 aromatic heterocycles. The van der Waals surface area contributed by atoms with Crippen LogP contribution >= 0.6 is 0 Å². The van der Waals surface area contributed by atoms with Gasteiger partial charge in [0.15, 0.2) is 0 Å². The standard InChI is InChI=1S/C24H31N3O/c1-20-6-2-3-7-23(20)26-18-16-25(17-19-26)15-13-21-9-11-22(12-10-21)27-14-5-4-8-24(27)28/h2-3,6-7,9-12H,4-5,8,13-19H2,1H3. The Hall–Kier alpha value is -2.33. The molecule has 0 saturated carbocycles. The number of para-hydroxylation sites is 1. The molecule has 0 atom stereocenters. The van der Waals surface area contributed by atoms with E-state index in [9.17, 15) is 4.79 Å². The van der Waals surface area contributed by atoms with E-state index in [2.05, 4.69) is 65.3 Å². The number of carbonyl (C=O) groups is 1. The second-order valence-corrected chi connectivity index (χ2v) is 8.03. The molecule has 2 heterocycles. The fraction of sp³-hybridized carbons (Fsp3) is 0.458. The summed E-state index contributed by atoms with van der Waals surface area (Å²) in [6.45, 7) is 8.60. The summed E-state index contributed by atoms with van der Waals surface area (Å²) in [5.74, 6) is 0.269. The zero-order valence-corrected chi connectivity index (χ0v) is 16.9. The molecule has 2 fully saturated rings. The van der Waals surface area contributed by atoms with Crippen molar-refractivity contribution in [2.75, 3.05) is 49.1 Å². The quantitative estimate of drug-likeness (QED) is 0.791. The number of rotatable bonds is 5. The van der Waals surface area contributed by atoms with Gasteiger partial charge < -0.3 is 9.80 Å². The number of aryl methyl sites for hydroxylation is 1. The van der Waals surface area contributed by atoms with Gasteiger partial charge in [0, 0.05) is 57.1 Å². The van der Waals surface area contributed by atoms with Crippen molar-refractivity contribution >= 4 is 17.3 Å². The largest absolute Gasteiger partial charge is 0.369 e. The highest BCUT2D eigenvalue weighted by molar-refractivity contribution is 5.93. The Morgan fingerprint density at radius 1 is 0.857 bits per heavy atom. The van der Waals surface area contributed by atoms with Crippen LogP contribution in [0, 0.1) is 6.92 Å². The van der Waals surface area contributed by atoms with E-state index in [0.29, 0.717) is 6.42 Å². The number of anilines is 2. The molecule has 0 spiro atoms. The highest BCUT2D eigenvalue weighted by Crippen LogP contribution is 2.22. The van der Waals surface area contributed by atoms with Crippen LogP contribution in [-0.2, 0) is 11.2 Å². The maximum absolute atomic E-state index is 12.1. The molecule has 2 aromatic rings. The third-order valence-corrected chi connectivity index (χ3v) is 6.12. The fourth-order valence-electron chi connectivity index (χ4n) is 4.34. The zero-order chi connectivity index (χ0) is 19.3. The lowest BCUT2D eigenvalue weighted by Crippen LogP contribution is -2.47. The number of piperidine rings is 1. The lowest BCUT2D eigenvalue weighted by Gasteiger charge is -2.36. The molecule has 1 amide bonds. The number of piperazine rings is 1. The van der Waals surface area contributed by atoms with Crippen LogP contribution in [0.5, 0.6) is 0 Å². The van der Waals surface area contributed by atoms with Crippen LogP contribution in [0.25, 0.3) is 0 Å². The molecular formula is C24H31N3O. The number of amides is 1. The van der Waals surface area contributed by atoms with Crippen molar-refractivity contribution in [3.8, 4) is 0 Å². The van der Waals surface area contributed by atoms with Crippen LogP contribution in [0.1, 0.15) is 30.4 Å². The van der Waals surface area contributed by atoms with Gasteiger partial charge in [0.25, 0.3) is 0 Å². The smallest absolute Gasteiger partial charge is 0.226 e. The molecule has 28 heavy (non-hydrogen) atoms. The highest BCUT2D eigenvalue weighted by Gasteiger charge is 2.20. The predicted octanol–water partition coefficient (Wildman–Crippen LogP) is 3.88. The Kier molecular flexibility index (Phi) is 5.96. The molecule has 0 N–H and O–H groups in total. The lowest BCUT2D eigenvalue weighted by atomic mass is 10.1.